The molecule has 0 fully saturated rings. The van der Waals surface area contributed by atoms with Crippen LogP contribution in [0.4, 0.5) is 17.6 Å². The second-order valence-electron chi connectivity index (χ2n) is 3.95. The molecule has 2 aromatic rings. The molecule has 0 unspecified atom stereocenters. The van der Waals surface area contributed by atoms with Crippen LogP contribution < -0.4 is 5.69 Å². The van der Waals surface area contributed by atoms with Crippen LogP contribution >= 0.6 is 0 Å². The third-order valence-corrected chi connectivity index (χ3v) is 2.60. The van der Waals surface area contributed by atoms with Crippen molar-refractivity contribution in [3.05, 3.63) is 45.9 Å². The minimum atomic E-state index is -4.82. The maximum atomic E-state index is 13.2. The molecule has 19 heavy (non-hydrogen) atoms. The van der Waals surface area contributed by atoms with Crippen molar-refractivity contribution in [3.8, 4) is 5.69 Å². The minimum absolute atomic E-state index is 0.0793. The summed E-state index contributed by atoms with van der Waals surface area (Å²) in [4.78, 5) is 11.7. The van der Waals surface area contributed by atoms with Gasteiger partial charge in [0, 0.05) is 7.05 Å². The Morgan fingerprint density at radius 1 is 1.26 bits per heavy atom. The number of alkyl halides is 3. The van der Waals surface area contributed by atoms with Gasteiger partial charge in [0.05, 0.1) is 11.3 Å². The van der Waals surface area contributed by atoms with Gasteiger partial charge in [-0.15, -0.1) is 0 Å². The largest absolute Gasteiger partial charge is 0.419 e. The monoisotopic (exact) mass is 275 g/mol. The number of halogens is 4. The highest BCUT2D eigenvalue weighted by Crippen LogP contribution is 2.32. The number of aryl methyl sites for hydroxylation is 2. The van der Waals surface area contributed by atoms with Gasteiger partial charge < -0.3 is 0 Å². The van der Waals surface area contributed by atoms with Crippen LogP contribution in [-0.4, -0.2) is 14.3 Å². The summed E-state index contributed by atoms with van der Waals surface area (Å²) in [5.41, 5.74) is -2.10. The summed E-state index contributed by atoms with van der Waals surface area (Å²) in [5.74, 6) is -1.17. The van der Waals surface area contributed by atoms with Crippen molar-refractivity contribution in [2.45, 2.75) is 13.1 Å². The molecule has 0 saturated heterocycles. The molecule has 0 spiro atoms. The Labute approximate surface area is 104 Å². The number of aromatic nitrogens is 3. The fourth-order valence-corrected chi connectivity index (χ4v) is 1.75. The van der Waals surface area contributed by atoms with Crippen LogP contribution in [0.2, 0.25) is 0 Å². The van der Waals surface area contributed by atoms with E-state index >= 15 is 0 Å². The highest BCUT2D eigenvalue weighted by Gasteiger charge is 2.34. The molecule has 0 aliphatic rings. The fourth-order valence-electron chi connectivity index (χ4n) is 1.75. The van der Waals surface area contributed by atoms with Crippen LogP contribution in [0.1, 0.15) is 11.4 Å². The lowest BCUT2D eigenvalue weighted by Gasteiger charge is -2.10. The summed E-state index contributed by atoms with van der Waals surface area (Å²) in [5, 5.41) is 3.79. The highest BCUT2D eigenvalue weighted by molar-refractivity contribution is 5.38. The van der Waals surface area contributed by atoms with Gasteiger partial charge in [-0.3, -0.25) is 0 Å². The van der Waals surface area contributed by atoms with Crippen LogP contribution in [0.25, 0.3) is 5.69 Å². The summed E-state index contributed by atoms with van der Waals surface area (Å²) < 4.78 is 52.9. The molecule has 4 nitrogen and oxygen atoms in total. The Morgan fingerprint density at radius 2 is 1.89 bits per heavy atom. The lowest BCUT2D eigenvalue weighted by Crippen LogP contribution is -2.22. The predicted octanol–water partition coefficient (Wildman–Crippen LogP) is 2.04. The highest BCUT2D eigenvalue weighted by atomic mass is 19.4. The molecule has 0 bridgehead atoms. The Bertz CT molecular complexity index is 684. The molecule has 1 heterocycles. The van der Waals surface area contributed by atoms with E-state index in [9.17, 15) is 22.4 Å². The summed E-state index contributed by atoms with van der Waals surface area (Å²) in [7, 11) is 1.38. The zero-order valence-corrected chi connectivity index (χ0v) is 9.99. The zero-order valence-electron chi connectivity index (χ0n) is 9.99. The van der Waals surface area contributed by atoms with E-state index in [1.807, 2.05) is 0 Å². The molecular weight excluding hydrogens is 266 g/mol. The van der Waals surface area contributed by atoms with Crippen molar-refractivity contribution >= 4 is 0 Å². The molecule has 8 heteroatoms. The molecule has 0 amide bonds. The third kappa shape index (κ3) is 2.25. The SMILES string of the molecule is Cc1nn(C)c(=O)n1-c1ccc(F)c(C(F)(F)F)c1. The molecule has 2 rings (SSSR count). The van der Waals surface area contributed by atoms with Gasteiger partial charge in [-0.2, -0.15) is 18.3 Å². The smallest absolute Gasteiger partial charge is 0.247 e. The minimum Gasteiger partial charge on any atom is -0.247 e. The molecule has 0 aliphatic heterocycles. The van der Waals surface area contributed by atoms with Gasteiger partial charge in [-0.25, -0.2) is 18.4 Å². The van der Waals surface area contributed by atoms with Crippen molar-refractivity contribution in [2.75, 3.05) is 0 Å². The Kier molecular flexibility index (Phi) is 2.95. The first-order valence-corrected chi connectivity index (χ1v) is 5.21. The van der Waals surface area contributed by atoms with E-state index in [-0.39, 0.29) is 11.5 Å². The van der Waals surface area contributed by atoms with E-state index in [4.69, 9.17) is 0 Å². The maximum absolute atomic E-state index is 13.2. The van der Waals surface area contributed by atoms with Crippen LogP contribution in [0.15, 0.2) is 23.0 Å². The maximum Gasteiger partial charge on any atom is 0.419 e. The van der Waals surface area contributed by atoms with Crippen molar-refractivity contribution in [2.24, 2.45) is 7.05 Å². The van der Waals surface area contributed by atoms with E-state index in [0.29, 0.717) is 12.1 Å². The lowest BCUT2D eigenvalue weighted by atomic mass is 10.2. The zero-order chi connectivity index (χ0) is 14.4. The molecular formula is C11H9F4N3O. The van der Waals surface area contributed by atoms with Crippen molar-refractivity contribution in [1.82, 2.24) is 14.3 Å². The Hall–Kier alpha value is -2.12. The number of benzene rings is 1. The van der Waals surface area contributed by atoms with Crippen LogP contribution in [0, 0.1) is 12.7 Å². The number of hydrogen-bond acceptors (Lipinski definition) is 2. The molecule has 1 aromatic carbocycles. The number of nitrogens with zero attached hydrogens (tertiary/aromatic N) is 3. The van der Waals surface area contributed by atoms with E-state index in [2.05, 4.69) is 5.10 Å². The molecule has 102 valence electrons. The van der Waals surface area contributed by atoms with E-state index < -0.39 is 23.2 Å². The fraction of sp³-hybridized carbons (Fsp3) is 0.273. The van der Waals surface area contributed by atoms with Crippen molar-refractivity contribution < 1.29 is 17.6 Å². The average molecular weight is 275 g/mol. The van der Waals surface area contributed by atoms with E-state index in [0.717, 1.165) is 15.3 Å². The van der Waals surface area contributed by atoms with Gasteiger partial charge in [-0.1, -0.05) is 0 Å². The first-order chi connectivity index (χ1) is 8.71. The summed E-state index contributed by atoms with van der Waals surface area (Å²) in [6.07, 6.45) is -4.82. The quantitative estimate of drug-likeness (QED) is 0.747. The normalized spacial score (nSPS) is 11.9. The van der Waals surface area contributed by atoms with Gasteiger partial charge in [0.25, 0.3) is 0 Å². The van der Waals surface area contributed by atoms with Gasteiger partial charge >= 0.3 is 11.9 Å². The number of hydrogen-bond donors (Lipinski definition) is 0. The van der Waals surface area contributed by atoms with Gasteiger partial charge in [0.15, 0.2) is 0 Å². The van der Waals surface area contributed by atoms with Gasteiger partial charge in [-0.05, 0) is 25.1 Å². The number of rotatable bonds is 1. The summed E-state index contributed by atoms with van der Waals surface area (Å²) in [6, 6.07) is 2.36. The second-order valence-corrected chi connectivity index (χ2v) is 3.95. The lowest BCUT2D eigenvalue weighted by molar-refractivity contribution is -0.140. The molecule has 0 N–H and O–H groups in total. The van der Waals surface area contributed by atoms with Crippen LogP contribution in [0.5, 0.6) is 0 Å². The molecule has 0 atom stereocenters. The molecule has 0 saturated carbocycles. The van der Waals surface area contributed by atoms with Gasteiger partial charge in [0.2, 0.25) is 0 Å². The topological polar surface area (TPSA) is 39.8 Å². The van der Waals surface area contributed by atoms with Crippen molar-refractivity contribution in [1.29, 1.82) is 0 Å². The summed E-state index contributed by atoms with van der Waals surface area (Å²) in [6.45, 7) is 1.47. The molecule has 0 aliphatic carbocycles. The third-order valence-electron chi connectivity index (χ3n) is 2.60. The standard InChI is InChI=1S/C11H9F4N3O/c1-6-16-17(2)10(19)18(6)7-3-4-9(12)8(5-7)11(13,14)15/h3-5H,1-2H3. The van der Waals surface area contributed by atoms with E-state index in [1.54, 1.807) is 0 Å². The Morgan fingerprint density at radius 3 is 2.37 bits per heavy atom. The first kappa shape index (κ1) is 13.3. The predicted molar refractivity (Wildman–Crippen MR) is 58.5 cm³/mol. The van der Waals surface area contributed by atoms with Gasteiger partial charge in [0.1, 0.15) is 11.6 Å². The average Bonchev–Trinajstić information content (AvgIpc) is 2.53. The van der Waals surface area contributed by atoms with Crippen LogP contribution in [-0.2, 0) is 13.2 Å². The van der Waals surface area contributed by atoms with Crippen LogP contribution in [0.3, 0.4) is 0 Å². The van der Waals surface area contributed by atoms with Crippen molar-refractivity contribution in [3.63, 3.8) is 0 Å². The van der Waals surface area contributed by atoms with E-state index in [1.165, 1.54) is 14.0 Å². The molecule has 1 aromatic heterocycles. The first-order valence-electron chi connectivity index (χ1n) is 5.21. The molecule has 0 radical (unpaired) electrons. The summed E-state index contributed by atoms with van der Waals surface area (Å²) >= 11 is 0. The second kappa shape index (κ2) is 4.22. The Balaban J connectivity index is 2.68.